The molecule has 16 heavy (non-hydrogen) atoms. The second kappa shape index (κ2) is 6.02. The number of carbonyl (C=O) groups is 1. The Balaban J connectivity index is 2.67. The molecule has 6 nitrogen and oxygen atoms in total. The summed E-state index contributed by atoms with van der Waals surface area (Å²) in [5, 5.41) is 8.81. The number of hydrogen-bond donors (Lipinski definition) is 1. The largest absolute Gasteiger partial charge is 0.480 e. The number of carboxylic acids is 1. The van der Waals surface area contributed by atoms with Crippen molar-refractivity contribution >= 4 is 11.8 Å². The van der Waals surface area contributed by atoms with Gasteiger partial charge in [-0.15, -0.1) is 0 Å². The van der Waals surface area contributed by atoms with Gasteiger partial charge in [0.2, 0.25) is 0 Å². The minimum Gasteiger partial charge on any atom is -0.480 e. The number of likely N-dealkylation sites (N-methyl/N-ethyl adjacent to an activating group) is 1. The van der Waals surface area contributed by atoms with Gasteiger partial charge in [0, 0.05) is 19.3 Å². The Kier molecular flexibility index (Phi) is 4.65. The number of aliphatic carboxylic acids is 1. The molecule has 0 aliphatic carbocycles. The number of rotatable bonds is 6. The van der Waals surface area contributed by atoms with Crippen molar-refractivity contribution in [3.8, 4) is 0 Å². The summed E-state index contributed by atoms with van der Waals surface area (Å²) in [6, 6.07) is 1.71. The van der Waals surface area contributed by atoms with Crippen molar-refractivity contribution in [2.75, 3.05) is 38.6 Å². The maximum absolute atomic E-state index is 10.7. The molecule has 0 bridgehead atoms. The lowest BCUT2D eigenvalue weighted by Gasteiger charge is -2.23. The van der Waals surface area contributed by atoms with Crippen LogP contribution >= 0.6 is 0 Å². The lowest BCUT2D eigenvalue weighted by atomic mass is 10.4. The van der Waals surface area contributed by atoms with Crippen molar-refractivity contribution in [1.82, 2.24) is 14.9 Å². The minimum absolute atomic E-state index is 0.0507. The van der Waals surface area contributed by atoms with Crippen LogP contribution in [-0.4, -0.2) is 59.7 Å². The third kappa shape index (κ3) is 4.22. The van der Waals surface area contributed by atoms with E-state index in [2.05, 4.69) is 9.97 Å². The highest BCUT2D eigenvalue weighted by Gasteiger charge is 2.11. The maximum atomic E-state index is 10.7. The molecular weight excluding hydrogens is 208 g/mol. The zero-order chi connectivity index (χ0) is 12.0. The molecule has 0 aliphatic heterocycles. The summed E-state index contributed by atoms with van der Waals surface area (Å²) in [4.78, 5) is 22.3. The topological polar surface area (TPSA) is 69.6 Å². The number of anilines is 1. The first-order valence-corrected chi connectivity index (χ1v) is 4.97. The van der Waals surface area contributed by atoms with Gasteiger partial charge < -0.3 is 14.9 Å². The summed E-state index contributed by atoms with van der Waals surface area (Å²) in [6.07, 6.45) is 3.02. The Morgan fingerprint density at radius 3 is 2.69 bits per heavy atom. The molecule has 0 radical (unpaired) electrons. The quantitative estimate of drug-likeness (QED) is 0.729. The summed E-state index contributed by atoms with van der Waals surface area (Å²) in [5.74, 6) is -0.225. The average molecular weight is 224 g/mol. The molecule has 1 aromatic heterocycles. The van der Waals surface area contributed by atoms with E-state index in [0.717, 1.165) is 6.54 Å². The van der Waals surface area contributed by atoms with Crippen LogP contribution in [0, 0.1) is 0 Å². The van der Waals surface area contributed by atoms with Crippen molar-refractivity contribution in [1.29, 1.82) is 0 Å². The second-order valence-corrected chi connectivity index (χ2v) is 3.69. The number of hydrogen-bond acceptors (Lipinski definition) is 5. The van der Waals surface area contributed by atoms with Crippen molar-refractivity contribution in [2.45, 2.75) is 0 Å². The van der Waals surface area contributed by atoms with Crippen molar-refractivity contribution in [3.05, 3.63) is 18.6 Å². The van der Waals surface area contributed by atoms with Gasteiger partial charge in [0.05, 0.1) is 0 Å². The Morgan fingerprint density at radius 2 is 2.19 bits per heavy atom. The fourth-order valence-corrected chi connectivity index (χ4v) is 1.23. The highest BCUT2D eigenvalue weighted by molar-refractivity contribution is 5.73. The molecule has 0 unspecified atom stereocenters. The van der Waals surface area contributed by atoms with E-state index in [-0.39, 0.29) is 6.54 Å². The van der Waals surface area contributed by atoms with Gasteiger partial charge in [0.15, 0.2) is 0 Å². The van der Waals surface area contributed by atoms with Gasteiger partial charge in [0.25, 0.3) is 0 Å². The van der Waals surface area contributed by atoms with Crippen LogP contribution in [0.1, 0.15) is 0 Å². The summed E-state index contributed by atoms with van der Waals surface area (Å²) in [5.41, 5.74) is 0. The summed E-state index contributed by atoms with van der Waals surface area (Å²) in [6.45, 7) is 1.35. The van der Waals surface area contributed by atoms with E-state index < -0.39 is 5.97 Å². The molecule has 1 heterocycles. The second-order valence-electron chi connectivity index (χ2n) is 3.69. The molecule has 1 N–H and O–H groups in total. The molecule has 0 atom stereocenters. The Morgan fingerprint density at radius 1 is 1.44 bits per heavy atom. The van der Waals surface area contributed by atoms with Crippen LogP contribution in [0.5, 0.6) is 0 Å². The summed E-state index contributed by atoms with van der Waals surface area (Å²) >= 11 is 0. The lowest BCUT2D eigenvalue weighted by molar-refractivity contribution is -0.135. The molecule has 1 aromatic rings. The molecule has 88 valence electrons. The van der Waals surface area contributed by atoms with E-state index in [1.165, 1.54) is 6.33 Å². The van der Waals surface area contributed by atoms with Crippen LogP contribution in [0.3, 0.4) is 0 Å². The molecule has 0 saturated carbocycles. The standard InChI is InChI=1S/C10H16N4O2/c1-13(2)5-6-14(7-10(15)16)9-3-4-11-8-12-9/h3-4,8H,5-7H2,1-2H3,(H,15,16). The lowest BCUT2D eigenvalue weighted by Crippen LogP contribution is -2.36. The van der Waals surface area contributed by atoms with E-state index in [4.69, 9.17) is 5.11 Å². The van der Waals surface area contributed by atoms with Crippen LogP contribution in [-0.2, 0) is 4.79 Å². The van der Waals surface area contributed by atoms with Gasteiger partial charge in [-0.05, 0) is 20.2 Å². The van der Waals surface area contributed by atoms with E-state index >= 15 is 0 Å². The van der Waals surface area contributed by atoms with E-state index in [1.807, 2.05) is 19.0 Å². The van der Waals surface area contributed by atoms with E-state index in [9.17, 15) is 4.79 Å². The van der Waals surface area contributed by atoms with Gasteiger partial charge in [-0.1, -0.05) is 0 Å². The molecule has 0 spiro atoms. The van der Waals surface area contributed by atoms with Gasteiger partial charge in [-0.2, -0.15) is 0 Å². The molecule has 0 fully saturated rings. The fourth-order valence-electron chi connectivity index (χ4n) is 1.23. The molecule has 6 heteroatoms. The average Bonchev–Trinajstić information content (AvgIpc) is 2.25. The first kappa shape index (κ1) is 12.4. The monoisotopic (exact) mass is 224 g/mol. The van der Waals surface area contributed by atoms with Crippen LogP contribution < -0.4 is 4.90 Å². The Labute approximate surface area is 94.5 Å². The van der Waals surface area contributed by atoms with Gasteiger partial charge in [-0.3, -0.25) is 4.79 Å². The summed E-state index contributed by atoms with van der Waals surface area (Å²) < 4.78 is 0. The Bertz CT molecular complexity index is 329. The minimum atomic E-state index is -0.864. The predicted octanol–water partition coefficient (Wildman–Crippen LogP) is -0.0708. The molecule has 1 rings (SSSR count). The number of nitrogens with zero attached hydrogens (tertiary/aromatic N) is 4. The maximum Gasteiger partial charge on any atom is 0.323 e. The zero-order valence-electron chi connectivity index (χ0n) is 9.50. The van der Waals surface area contributed by atoms with Crippen molar-refractivity contribution in [2.24, 2.45) is 0 Å². The predicted molar refractivity (Wildman–Crippen MR) is 60.4 cm³/mol. The van der Waals surface area contributed by atoms with Gasteiger partial charge in [-0.25, -0.2) is 9.97 Å². The highest BCUT2D eigenvalue weighted by Crippen LogP contribution is 2.07. The van der Waals surface area contributed by atoms with Crippen molar-refractivity contribution in [3.63, 3.8) is 0 Å². The van der Waals surface area contributed by atoms with Crippen LogP contribution in [0.15, 0.2) is 18.6 Å². The van der Waals surface area contributed by atoms with E-state index in [0.29, 0.717) is 12.4 Å². The Hall–Kier alpha value is -1.69. The summed E-state index contributed by atoms with van der Waals surface area (Å²) in [7, 11) is 3.89. The molecular formula is C10H16N4O2. The first-order valence-electron chi connectivity index (χ1n) is 4.97. The molecule has 0 aliphatic rings. The number of aromatic nitrogens is 2. The van der Waals surface area contributed by atoms with Crippen molar-refractivity contribution < 1.29 is 9.90 Å². The third-order valence-electron chi connectivity index (χ3n) is 2.03. The van der Waals surface area contributed by atoms with Crippen LogP contribution in [0.2, 0.25) is 0 Å². The smallest absolute Gasteiger partial charge is 0.323 e. The first-order chi connectivity index (χ1) is 7.59. The van der Waals surface area contributed by atoms with Crippen LogP contribution in [0.25, 0.3) is 0 Å². The van der Waals surface area contributed by atoms with E-state index in [1.54, 1.807) is 17.2 Å². The molecule has 0 amide bonds. The zero-order valence-corrected chi connectivity index (χ0v) is 9.50. The highest BCUT2D eigenvalue weighted by atomic mass is 16.4. The normalized spacial score (nSPS) is 10.4. The molecule has 0 saturated heterocycles. The van der Waals surface area contributed by atoms with Crippen LogP contribution in [0.4, 0.5) is 5.82 Å². The molecule has 0 aromatic carbocycles. The van der Waals surface area contributed by atoms with Gasteiger partial charge in [0.1, 0.15) is 18.7 Å². The fraction of sp³-hybridized carbons (Fsp3) is 0.500. The SMILES string of the molecule is CN(C)CCN(CC(=O)O)c1ccncn1. The third-order valence-corrected chi connectivity index (χ3v) is 2.03. The van der Waals surface area contributed by atoms with Gasteiger partial charge >= 0.3 is 5.97 Å². The number of carboxylic acid groups (broad SMARTS) is 1.